The van der Waals surface area contributed by atoms with Gasteiger partial charge in [0, 0.05) is 6.07 Å². The van der Waals surface area contributed by atoms with E-state index < -0.39 is 0 Å². The van der Waals surface area contributed by atoms with E-state index in [2.05, 4.69) is 11.1 Å². The summed E-state index contributed by atoms with van der Waals surface area (Å²) in [5.41, 5.74) is 7.18. The van der Waals surface area contributed by atoms with E-state index in [1.54, 1.807) is 24.4 Å². The molecule has 0 unspecified atom stereocenters. The van der Waals surface area contributed by atoms with Crippen LogP contribution in [-0.2, 0) is 0 Å². The molecule has 1 heterocycles. The smallest absolute Gasteiger partial charge is 0.219 e. The van der Waals surface area contributed by atoms with Crippen LogP contribution in [-0.4, -0.2) is 4.98 Å². The normalized spacial score (nSPS) is 9.93. The van der Waals surface area contributed by atoms with Crippen LogP contribution in [0.1, 0.15) is 5.56 Å². The molecule has 0 bridgehead atoms. The molecule has 3 nitrogen and oxygen atoms in total. The number of aryl methyl sites for hydroxylation is 1. The molecule has 0 spiro atoms. The van der Waals surface area contributed by atoms with Crippen molar-refractivity contribution in [2.45, 2.75) is 6.92 Å². The van der Waals surface area contributed by atoms with Gasteiger partial charge in [-0.2, -0.15) is 0 Å². The van der Waals surface area contributed by atoms with Crippen molar-refractivity contribution in [3.8, 4) is 11.6 Å². The predicted octanol–water partition coefficient (Wildman–Crippen LogP) is 2.56. The summed E-state index contributed by atoms with van der Waals surface area (Å²) in [4.78, 5) is 4.06. The first kappa shape index (κ1) is 9.52. The molecule has 75 valence electrons. The van der Waals surface area contributed by atoms with Crippen LogP contribution in [0.4, 0.5) is 5.69 Å². The van der Waals surface area contributed by atoms with Crippen molar-refractivity contribution in [1.29, 1.82) is 0 Å². The molecule has 15 heavy (non-hydrogen) atoms. The monoisotopic (exact) mass is 199 g/mol. The van der Waals surface area contributed by atoms with Crippen LogP contribution in [0.5, 0.6) is 11.6 Å². The van der Waals surface area contributed by atoms with Crippen molar-refractivity contribution in [1.82, 2.24) is 4.98 Å². The number of aromatic nitrogens is 1. The third-order valence-electron chi connectivity index (χ3n) is 1.99. The Kier molecular flexibility index (Phi) is 2.54. The highest BCUT2D eigenvalue weighted by atomic mass is 16.5. The van der Waals surface area contributed by atoms with Crippen molar-refractivity contribution in [2.75, 3.05) is 5.73 Å². The fraction of sp³-hybridized carbons (Fsp3) is 0.0833. The van der Waals surface area contributed by atoms with E-state index in [1.807, 2.05) is 19.1 Å². The summed E-state index contributed by atoms with van der Waals surface area (Å²) in [7, 11) is 0. The molecule has 1 aromatic heterocycles. The molecule has 0 saturated heterocycles. The van der Waals surface area contributed by atoms with E-state index >= 15 is 0 Å². The van der Waals surface area contributed by atoms with E-state index in [4.69, 9.17) is 10.5 Å². The zero-order valence-electron chi connectivity index (χ0n) is 8.40. The second-order valence-electron chi connectivity index (χ2n) is 3.22. The summed E-state index contributed by atoms with van der Waals surface area (Å²) in [5, 5.41) is 0. The Morgan fingerprint density at radius 2 is 2.20 bits per heavy atom. The zero-order valence-corrected chi connectivity index (χ0v) is 8.40. The lowest BCUT2D eigenvalue weighted by Crippen LogP contribution is -1.91. The summed E-state index contributed by atoms with van der Waals surface area (Å²) in [6, 6.07) is 12.0. The average Bonchev–Trinajstić information content (AvgIpc) is 2.25. The maximum absolute atomic E-state index is 5.58. The predicted molar refractivity (Wildman–Crippen MR) is 58.7 cm³/mol. The topological polar surface area (TPSA) is 48.1 Å². The highest BCUT2D eigenvalue weighted by Crippen LogP contribution is 2.22. The number of hydrogen-bond donors (Lipinski definition) is 1. The van der Waals surface area contributed by atoms with Gasteiger partial charge in [0.05, 0.1) is 11.9 Å². The molecule has 2 aromatic rings. The summed E-state index contributed by atoms with van der Waals surface area (Å²) >= 11 is 0. The van der Waals surface area contributed by atoms with Gasteiger partial charge in [0.15, 0.2) is 0 Å². The lowest BCUT2D eigenvalue weighted by molar-refractivity contribution is 0.459. The molecule has 2 N–H and O–H groups in total. The SMILES string of the molecule is Cc1c[c]ccc1Oc1ccc(N)cn1. The van der Waals surface area contributed by atoms with E-state index in [0.29, 0.717) is 11.6 Å². The molecule has 1 aromatic carbocycles. The molecule has 1 radical (unpaired) electrons. The first-order valence-corrected chi connectivity index (χ1v) is 4.62. The van der Waals surface area contributed by atoms with E-state index in [0.717, 1.165) is 11.3 Å². The van der Waals surface area contributed by atoms with Crippen molar-refractivity contribution < 1.29 is 4.74 Å². The maximum atomic E-state index is 5.58. The van der Waals surface area contributed by atoms with Gasteiger partial charge in [-0.05, 0) is 36.8 Å². The maximum Gasteiger partial charge on any atom is 0.219 e. The number of nitrogens with zero attached hydrogens (tertiary/aromatic N) is 1. The van der Waals surface area contributed by atoms with Gasteiger partial charge in [-0.25, -0.2) is 4.98 Å². The molecule has 0 fully saturated rings. The first-order chi connectivity index (χ1) is 7.25. The molecule has 0 saturated carbocycles. The summed E-state index contributed by atoms with van der Waals surface area (Å²) in [6.45, 7) is 1.96. The lowest BCUT2D eigenvalue weighted by Gasteiger charge is -2.06. The fourth-order valence-electron chi connectivity index (χ4n) is 1.18. The Bertz CT molecular complexity index is 451. The minimum atomic E-state index is 0.540. The highest BCUT2D eigenvalue weighted by Gasteiger charge is 2.00. The highest BCUT2D eigenvalue weighted by molar-refractivity contribution is 5.39. The number of benzene rings is 1. The number of pyridine rings is 1. The Morgan fingerprint density at radius 3 is 2.87 bits per heavy atom. The van der Waals surface area contributed by atoms with Gasteiger partial charge in [0.25, 0.3) is 0 Å². The average molecular weight is 199 g/mol. The summed E-state index contributed by atoms with van der Waals surface area (Å²) in [6.07, 6.45) is 1.57. The molecule has 0 amide bonds. The van der Waals surface area contributed by atoms with Crippen LogP contribution in [0, 0.1) is 13.0 Å². The third-order valence-corrected chi connectivity index (χ3v) is 1.99. The van der Waals surface area contributed by atoms with Gasteiger partial charge in [-0.3, -0.25) is 0 Å². The van der Waals surface area contributed by atoms with E-state index in [9.17, 15) is 0 Å². The van der Waals surface area contributed by atoms with Crippen molar-refractivity contribution in [3.05, 3.63) is 48.2 Å². The van der Waals surface area contributed by atoms with Crippen LogP contribution < -0.4 is 10.5 Å². The Hall–Kier alpha value is -2.03. The Balaban J connectivity index is 2.22. The number of anilines is 1. The van der Waals surface area contributed by atoms with Gasteiger partial charge >= 0.3 is 0 Å². The second-order valence-corrected chi connectivity index (χ2v) is 3.22. The lowest BCUT2D eigenvalue weighted by atomic mass is 10.2. The van der Waals surface area contributed by atoms with Gasteiger partial charge in [0.1, 0.15) is 5.75 Å². The number of rotatable bonds is 2. The Morgan fingerprint density at radius 1 is 1.33 bits per heavy atom. The van der Waals surface area contributed by atoms with Crippen molar-refractivity contribution in [3.63, 3.8) is 0 Å². The molecule has 0 atom stereocenters. The molecule has 2 rings (SSSR count). The molecule has 3 heteroatoms. The van der Waals surface area contributed by atoms with Gasteiger partial charge < -0.3 is 10.5 Å². The number of ether oxygens (including phenoxy) is 1. The number of nitrogens with two attached hydrogens (primary N) is 1. The summed E-state index contributed by atoms with van der Waals surface area (Å²) in [5.74, 6) is 1.32. The van der Waals surface area contributed by atoms with Gasteiger partial charge in [-0.1, -0.05) is 6.07 Å². The largest absolute Gasteiger partial charge is 0.439 e. The Labute approximate surface area is 88.5 Å². The molecule has 0 aliphatic heterocycles. The van der Waals surface area contributed by atoms with Crippen molar-refractivity contribution >= 4 is 5.69 Å². The van der Waals surface area contributed by atoms with Crippen LogP contribution in [0.3, 0.4) is 0 Å². The molecular weight excluding hydrogens is 188 g/mol. The van der Waals surface area contributed by atoms with Crippen LogP contribution in [0.25, 0.3) is 0 Å². The van der Waals surface area contributed by atoms with Crippen LogP contribution in [0.2, 0.25) is 0 Å². The second kappa shape index (κ2) is 4.00. The van der Waals surface area contributed by atoms with Gasteiger partial charge in [-0.15, -0.1) is 0 Å². The van der Waals surface area contributed by atoms with Crippen LogP contribution in [0.15, 0.2) is 36.5 Å². The molecule has 0 aliphatic carbocycles. The van der Waals surface area contributed by atoms with Crippen molar-refractivity contribution in [2.24, 2.45) is 0 Å². The standard InChI is InChI=1S/C12H11N2O/c1-9-4-2-3-5-11(9)15-12-7-6-10(13)8-14-12/h3-8H,13H2,1H3. The number of hydrogen-bond acceptors (Lipinski definition) is 3. The van der Waals surface area contributed by atoms with E-state index in [1.165, 1.54) is 0 Å². The zero-order chi connectivity index (χ0) is 10.7. The van der Waals surface area contributed by atoms with E-state index in [-0.39, 0.29) is 0 Å². The summed E-state index contributed by atoms with van der Waals surface area (Å²) < 4.78 is 5.58. The van der Waals surface area contributed by atoms with Crippen LogP contribution >= 0.6 is 0 Å². The van der Waals surface area contributed by atoms with Gasteiger partial charge in [0.2, 0.25) is 5.88 Å². The third kappa shape index (κ3) is 2.26. The number of nitrogen functional groups attached to an aromatic ring is 1. The fourth-order valence-corrected chi connectivity index (χ4v) is 1.18. The minimum absolute atomic E-state index is 0.540. The molecular formula is C12H11N2O. The first-order valence-electron chi connectivity index (χ1n) is 4.62. The quantitative estimate of drug-likeness (QED) is 0.808. The molecule has 0 aliphatic rings. The minimum Gasteiger partial charge on any atom is -0.439 e.